The summed E-state index contributed by atoms with van der Waals surface area (Å²) >= 11 is 0. The molecular formula is C25H23N3O8. The second-order valence-corrected chi connectivity index (χ2v) is 9.02. The molecular weight excluding hydrogens is 470 g/mol. The minimum Gasteiger partial charge on any atom is -0.511 e. The van der Waals surface area contributed by atoms with Crippen LogP contribution in [0.3, 0.4) is 0 Å². The molecule has 3 atom stereocenters. The average Bonchev–Trinajstić information content (AvgIpc) is 2.83. The Morgan fingerprint density at radius 2 is 1.83 bits per heavy atom. The normalized spacial score (nSPS) is 23.1. The number of fused-ring (bicyclic) bond motifs is 3. The first-order valence-electron chi connectivity index (χ1n) is 11.2. The molecule has 2 aromatic rings. The van der Waals surface area contributed by atoms with Gasteiger partial charge in [0.25, 0.3) is 5.91 Å². The van der Waals surface area contributed by atoms with Crippen LogP contribution >= 0.6 is 0 Å². The van der Waals surface area contributed by atoms with Crippen molar-refractivity contribution >= 4 is 17.5 Å². The molecule has 1 amide bonds. The van der Waals surface area contributed by atoms with E-state index in [0.29, 0.717) is 23.1 Å². The minimum atomic E-state index is -1.17. The maximum Gasteiger partial charge on any atom is 0.319 e. The lowest BCUT2D eigenvalue weighted by atomic mass is 9.62. The third-order valence-corrected chi connectivity index (χ3v) is 7.17. The van der Waals surface area contributed by atoms with Gasteiger partial charge in [-0.2, -0.15) is 4.98 Å². The van der Waals surface area contributed by atoms with Crippen LogP contribution in [-0.2, 0) is 16.0 Å². The average molecular weight is 493 g/mol. The molecule has 1 aromatic carbocycles. The largest absolute Gasteiger partial charge is 0.511 e. The molecule has 0 fully saturated rings. The van der Waals surface area contributed by atoms with Crippen LogP contribution in [-0.4, -0.2) is 57.0 Å². The molecule has 11 heteroatoms. The Balaban J connectivity index is 1.65. The molecule has 0 bridgehead atoms. The summed E-state index contributed by atoms with van der Waals surface area (Å²) in [4.78, 5) is 46.7. The predicted octanol–water partition coefficient (Wildman–Crippen LogP) is 1.94. The van der Waals surface area contributed by atoms with Crippen LogP contribution in [0.15, 0.2) is 41.0 Å². The fourth-order valence-corrected chi connectivity index (χ4v) is 5.68. The van der Waals surface area contributed by atoms with Gasteiger partial charge in [-0.05, 0) is 41.9 Å². The van der Waals surface area contributed by atoms with E-state index in [-0.39, 0.29) is 41.6 Å². The number of carbonyl (C=O) groups excluding carboxylic acids is 3. The van der Waals surface area contributed by atoms with Crippen molar-refractivity contribution in [2.45, 2.75) is 19.3 Å². The smallest absolute Gasteiger partial charge is 0.319 e. The number of allylic oxidation sites excluding steroid dienone is 3. The number of hydrogen-bond donors (Lipinski definition) is 4. The first-order valence-corrected chi connectivity index (χ1v) is 11.2. The van der Waals surface area contributed by atoms with E-state index in [9.17, 15) is 29.7 Å². The third-order valence-electron chi connectivity index (χ3n) is 7.17. The summed E-state index contributed by atoms with van der Waals surface area (Å²) in [5.74, 6) is -5.62. The van der Waals surface area contributed by atoms with E-state index in [1.165, 1.54) is 26.5 Å². The number of ketones is 2. The number of aliphatic hydroxyl groups excluding tert-OH is 2. The summed E-state index contributed by atoms with van der Waals surface area (Å²) in [7, 11) is 2.85. The number of phenolic OH excluding ortho intramolecular Hbond substituents is 1. The predicted molar refractivity (Wildman–Crippen MR) is 123 cm³/mol. The van der Waals surface area contributed by atoms with Gasteiger partial charge in [0.05, 0.1) is 31.3 Å². The van der Waals surface area contributed by atoms with Gasteiger partial charge in [-0.15, -0.1) is 0 Å². The van der Waals surface area contributed by atoms with Crippen LogP contribution in [0.1, 0.15) is 28.8 Å². The lowest BCUT2D eigenvalue weighted by Crippen LogP contribution is -2.43. The Bertz CT molecular complexity index is 1410. The van der Waals surface area contributed by atoms with Gasteiger partial charge in [-0.3, -0.25) is 14.4 Å². The minimum absolute atomic E-state index is 0.00149. The number of phenols is 1. The molecule has 1 aromatic heterocycles. The highest BCUT2D eigenvalue weighted by molar-refractivity contribution is 6.22. The molecule has 3 aliphatic carbocycles. The fourth-order valence-electron chi connectivity index (χ4n) is 5.68. The number of rotatable bonds is 4. The van der Waals surface area contributed by atoms with Crippen molar-refractivity contribution in [1.82, 2.24) is 9.97 Å². The highest BCUT2D eigenvalue weighted by Gasteiger charge is 2.50. The van der Waals surface area contributed by atoms with Crippen molar-refractivity contribution in [3.63, 3.8) is 0 Å². The molecule has 1 heterocycles. The molecule has 0 aliphatic heterocycles. The zero-order valence-electron chi connectivity index (χ0n) is 19.4. The zero-order chi connectivity index (χ0) is 25.9. The van der Waals surface area contributed by atoms with E-state index in [1.807, 2.05) is 0 Å². The number of amides is 1. The van der Waals surface area contributed by atoms with Crippen LogP contribution in [0.5, 0.6) is 17.6 Å². The molecule has 186 valence electrons. The maximum atomic E-state index is 13.7. The number of nitrogens with zero attached hydrogens (tertiary/aromatic N) is 2. The Labute approximate surface area is 204 Å². The van der Waals surface area contributed by atoms with Crippen molar-refractivity contribution in [3.8, 4) is 28.8 Å². The monoisotopic (exact) mass is 493 g/mol. The molecule has 5 N–H and O–H groups in total. The summed E-state index contributed by atoms with van der Waals surface area (Å²) in [5, 5.41) is 32.0. The summed E-state index contributed by atoms with van der Waals surface area (Å²) < 4.78 is 10.5. The van der Waals surface area contributed by atoms with Gasteiger partial charge in [0, 0.05) is 18.2 Å². The van der Waals surface area contributed by atoms with Crippen LogP contribution in [0.25, 0.3) is 11.1 Å². The SMILES string of the molecule is COc1ncc(-c2ccc(O)c3c2C[C@H]2CC4CC(O)=C(C(N)=O)C(=O)C4C(O)=C2C3=O)c(OC)n1. The second-order valence-electron chi connectivity index (χ2n) is 9.02. The highest BCUT2D eigenvalue weighted by Crippen LogP contribution is 2.51. The number of nitrogens with two attached hydrogens (primary N) is 1. The van der Waals surface area contributed by atoms with Crippen molar-refractivity contribution in [3.05, 3.63) is 52.1 Å². The molecule has 0 saturated heterocycles. The van der Waals surface area contributed by atoms with Crippen molar-refractivity contribution in [2.75, 3.05) is 14.2 Å². The molecule has 11 nitrogen and oxygen atoms in total. The van der Waals surface area contributed by atoms with Gasteiger partial charge >= 0.3 is 6.01 Å². The lowest BCUT2D eigenvalue weighted by Gasteiger charge is -2.41. The maximum absolute atomic E-state index is 13.7. The van der Waals surface area contributed by atoms with Gasteiger partial charge in [0.2, 0.25) is 5.88 Å². The number of ether oxygens (including phenoxy) is 2. The summed E-state index contributed by atoms with van der Waals surface area (Å²) in [6, 6.07) is 3.09. The molecule has 0 saturated carbocycles. The van der Waals surface area contributed by atoms with E-state index < -0.39 is 52.3 Å². The Morgan fingerprint density at radius 3 is 2.50 bits per heavy atom. The molecule has 36 heavy (non-hydrogen) atoms. The summed E-state index contributed by atoms with van der Waals surface area (Å²) in [5.41, 5.74) is 6.30. The van der Waals surface area contributed by atoms with Crippen LogP contribution < -0.4 is 15.2 Å². The van der Waals surface area contributed by atoms with E-state index in [1.54, 1.807) is 6.07 Å². The summed E-state index contributed by atoms with van der Waals surface area (Å²) in [6.45, 7) is 0. The molecule has 5 rings (SSSR count). The number of primary amides is 1. The van der Waals surface area contributed by atoms with Gasteiger partial charge in [-0.1, -0.05) is 6.07 Å². The van der Waals surface area contributed by atoms with Crippen molar-refractivity contribution in [1.29, 1.82) is 0 Å². The highest BCUT2D eigenvalue weighted by atomic mass is 16.5. The van der Waals surface area contributed by atoms with Crippen molar-refractivity contribution in [2.24, 2.45) is 23.5 Å². The van der Waals surface area contributed by atoms with Crippen molar-refractivity contribution < 1.29 is 39.2 Å². The van der Waals surface area contributed by atoms with Crippen LogP contribution in [0.4, 0.5) is 0 Å². The quantitative estimate of drug-likeness (QED) is 0.459. The third kappa shape index (κ3) is 3.30. The number of aromatic hydroxyl groups is 1. The lowest BCUT2D eigenvalue weighted by molar-refractivity contribution is -0.126. The number of carbonyl (C=O) groups is 3. The molecule has 0 spiro atoms. The van der Waals surface area contributed by atoms with Crippen LogP contribution in [0.2, 0.25) is 0 Å². The number of hydrogen-bond acceptors (Lipinski definition) is 10. The number of Topliss-reactive ketones (excluding diaryl/α,β-unsaturated/α-hetero) is 2. The van der Waals surface area contributed by atoms with Gasteiger partial charge in [-0.25, -0.2) is 4.98 Å². The summed E-state index contributed by atoms with van der Waals surface area (Å²) in [6.07, 6.45) is 2.01. The first kappa shape index (κ1) is 23.3. The number of aromatic nitrogens is 2. The van der Waals surface area contributed by atoms with Crippen LogP contribution in [0, 0.1) is 17.8 Å². The zero-order valence-corrected chi connectivity index (χ0v) is 19.4. The first-order chi connectivity index (χ1) is 17.2. The van der Waals surface area contributed by atoms with E-state index in [4.69, 9.17) is 15.2 Å². The fraction of sp³-hybridized carbons (Fsp3) is 0.320. The Morgan fingerprint density at radius 1 is 1.08 bits per heavy atom. The van der Waals surface area contributed by atoms with E-state index in [0.717, 1.165) is 0 Å². The number of aliphatic hydroxyl groups is 2. The molecule has 3 aliphatic rings. The molecule has 0 radical (unpaired) electrons. The Hall–Kier alpha value is -4.41. The van der Waals surface area contributed by atoms with Gasteiger partial charge < -0.3 is 30.5 Å². The number of benzene rings is 1. The Kier molecular flexibility index (Phi) is 5.42. The standard InChI is InChI=1S/C25H23N3O8/c1-35-24-13(8-27-25(28-24)36-2)11-3-4-14(29)18-12(11)6-9-5-10-7-15(30)19(23(26)34)22(33)17(10)20(31)16(9)21(18)32/h3-4,8-10,17,29-31H,5-7H2,1-2H3,(H2,26,34)/t9-,10?,17?/m1/s1. The van der Waals surface area contributed by atoms with Gasteiger partial charge in [0.15, 0.2) is 11.6 Å². The van der Waals surface area contributed by atoms with E-state index in [2.05, 4.69) is 9.97 Å². The van der Waals surface area contributed by atoms with E-state index >= 15 is 0 Å². The second kappa shape index (κ2) is 8.36. The topological polar surface area (TPSA) is 182 Å². The molecule has 2 unspecified atom stereocenters. The van der Waals surface area contributed by atoms with Gasteiger partial charge in [0.1, 0.15) is 22.8 Å². The number of methoxy groups -OCH3 is 2.